The molecule has 0 aliphatic carbocycles. The number of thioether (sulfide) groups is 1. The highest BCUT2D eigenvalue weighted by Gasteiger charge is 2.19. The first-order valence-electron chi connectivity index (χ1n) is 9.95. The number of carboxylic acids is 1. The molecule has 0 saturated carbocycles. The molecular weight excluding hydrogens is 442 g/mol. The standard InChI is InChI=1S/C24H23N3O5S/c1-5-11-32-20-10-8-7-9-16(20)14-21(23(28)29)33-24-26-25-22(27(24)6-2)17-12-18(30-3)15-19(13-17)31-4/h1,7-10,12-15H,6,11H2,2-4H3,(H,28,29)/b21-14-. The molecule has 170 valence electrons. The summed E-state index contributed by atoms with van der Waals surface area (Å²) in [7, 11) is 3.14. The summed E-state index contributed by atoms with van der Waals surface area (Å²) in [6.45, 7) is 2.54. The van der Waals surface area contributed by atoms with Crippen LogP contribution >= 0.6 is 11.8 Å². The van der Waals surface area contributed by atoms with Gasteiger partial charge in [-0.1, -0.05) is 24.1 Å². The van der Waals surface area contributed by atoms with E-state index in [1.165, 1.54) is 6.08 Å². The van der Waals surface area contributed by atoms with E-state index in [4.69, 9.17) is 20.6 Å². The number of nitrogens with zero attached hydrogens (tertiary/aromatic N) is 3. The zero-order valence-electron chi connectivity index (χ0n) is 18.4. The first-order valence-corrected chi connectivity index (χ1v) is 10.8. The van der Waals surface area contributed by atoms with Gasteiger partial charge in [0.15, 0.2) is 11.0 Å². The van der Waals surface area contributed by atoms with Crippen molar-refractivity contribution < 1.29 is 24.1 Å². The van der Waals surface area contributed by atoms with Crippen LogP contribution in [-0.2, 0) is 11.3 Å². The van der Waals surface area contributed by atoms with Gasteiger partial charge in [0.05, 0.1) is 14.2 Å². The van der Waals surface area contributed by atoms with Crippen molar-refractivity contribution in [3.05, 3.63) is 52.9 Å². The summed E-state index contributed by atoms with van der Waals surface area (Å²) in [4.78, 5) is 12.1. The first-order chi connectivity index (χ1) is 16.0. The topological polar surface area (TPSA) is 95.7 Å². The fourth-order valence-corrected chi connectivity index (χ4v) is 3.90. The lowest BCUT2D eigenvalue weighted by Crippen LogP contribution is -2.03. The molecule has 0 unspecified atom stereocenters. The van der Waals surface area contributed by atoms with E-state index >= 15 is 0 Å². The van der Waals surface area contributed by atoms with E-state index in [9.17, 15) is 9.90 Å². The van der Waals surface area contributed by atoms with Crippen molar-refractivity contribution in [2.45, 2.75) is 18.6 Å². The molecule has 0 amide bonds. The van der Waals surface area contributed by atoms with Crippen LogP contribution < -0.4 is 14.2 Å². The molecule has 3 aromatic rings. The molecule has 8 nitrogen and oxygen atoms in total. The highest BCUT2D eigenvalue weighted by Crippen LogP contribution is 2.34. The first kappa shape index (κ1) is 23.8. The molecule has 0 bridgehead atoms. The van der Waals surface area contributed by atoms with Crippen molar-refractivity contribution in [2.24, 2.45) is 0 Å². The van der Waals surface area contributed by atoms with Crippen molar-refractivity contribution >= 4 is 23.8 Å². The van der Waals surface area contributed by atoms with Crippen LogP contribution in [0.3, 0.4) is 0 Å². The van der Waals surface area contributed by atoms with Gasteiger partial charge in [-0.15, -0.1) is 16.6 Å². The Labute approximate surface area is 196 Å². The number of rotatable bonds is 10. The van der Waals surface area contributed by atoms with Crippen LogP contribution in [0, 0.1) is 12.3 Å². The van der Waals surface area contributed by atoms with E-state index in [1.54, 1.807) is 44.6 Å². The van der Waals surface area contributed by atoms with Crippen molar-refractivity contribution in [1.29, 1.82) is 0 Å². The zero-order valence-corrected chi connectivity index (χ0v) is 19.3. The van der Waals surface area contributed by atoms with Crippen LogP contribution in [0.2, 0.25) is 0 Å². The number of ether oxygens (including phenoxy) is 3. The van der Waals surface area contributed by atoms with E-state index in [1.807, 2.05) is 23.6 Å². The maximum Gasteiger partial charge on any atom is 0.342 e. The van der Waals surface area contributed by atoms with Crippen LogP contribution in [0.15, 0.2) is 52.5 Å². The number of aromatic nitrogens is 3. The lowest BCUT2D eigenvalue weighted by Gasteiger charge is -2.11. The largest absolute Gasteiger partial charge is 0.497 e. The van der Waals surface area contributed by atoms with E-state index in [0.29, 0.717) is 40.3 Å². The van der Waals surface area contributed by atoms with Gasteiger partial charge in [0, 0.05) is 23.7 Å². The van der Waals surface area contributed by atoms with E-state index in [2.05, 4.69) is 16.1 Å². The highest BCUT2D eigenvalue weighted by atomic mass is 32.2. The molecule has 3 rings (SSSR count). The fourth-order valence-electron chi connectivity index (χ4n) is 3.02. The van der Waals surface area contributed by atoms with Crippen molar-refractivity contribution in [1.82, 2.24) is 14.8 Å². The molecule has 1 heterocycles. The van der Waals surface area contributed by atoms with Crippen molar-refractivity contribution in [3.8, 4) is 41.0 Å². The molecule has 0 fully saturated rings. The Morgan fingerprint density at radius 3 is 2.48 bits per heavy atom. The van der Waals surface area contributed by atoms with E-state index in [0.717, 1.165) is 17.3 Å². The quantitative estimate of drug-likeness (QED) is 0.270. The second kappa shape index (κ2) is 11.1. The highest BCUT2D eigenvalue weighted by molar-refractivity contribution is 8.04. The number of para-hydroxylation sites is 1. The lowest BCUT2D eigenvalue weighted by atomic mass is 10.2. The van der Waals surface area contributed by atoms with E-state index in [-0.39, 0.29) is 11.5 Å². The molecule has 2 aromatic carbocycles. The molecule has 0 radical (unpaired) electrons. The number of aliphatic carboxylic acids is 1. The predicted molar refractivity (Wildman–Crippen MR) is 126 cm³/mol. The zero-order chi connectivity index (χ0) is 23.8. The smallest absolute Gasteiger partial charge is 0.342 e. The van der Waals surface area contributed by atoms with Crippen LogP contribution in [0.5, 0.6) is 17.2 Å². The average molecular weight is 466 g/mol. The van der Waals surface area contributed by atoms with Gasteiger partial charge in [0.1, 0.15) is 28.8 Å². The van der Waals surface area contributed by atoms with Crippen LogP contribution in [-0.4, -0.2) is 46.7 Å². The molecule has 0 spiro atoms. The predicted octanol–water partition coefficient (Wildman–Crippen LogP) is 4.21. The normalized spacial score (nSPS) is 11.0. The van der Waals surface area contributed by atoms with Crippen LogP contribution in [0.1, 0.15) is 12.5 Å². The van der Waals surface area contributed by atoms with Gasteiger partial charge in [0.2, 0.25) is 0 Å². The summed E-state index contributed by atoms with van der Waals surface area (Å²) in [5.74, 6) is 3.60. The van der Waals surface area contributed by atoms with Gasteiger partial charge in [-0.3, -0.25) is 0 Å². The number of hydrogen-bond donors (Lipinski definition) is 1. The van der Waals surface area contributed by atoms with Crippen molar-refractivity contribution in [2.75, 3.05) is 20.8 Å². The third kappa shape index (κ3) is 5.67. The average Bonchev–Trinajstić information content (AvgIpc) is 3.25. The Morgan fingerprint density at radius 2 is 1.88 bits per heavy atom. The van der Waals surface area contributed by atoms with Gasteiger partial charge in [-0.05, 0) is 43.0 Å². The van der Waals surface area contributed by atoms with Gasteiger partial charge >= 0.3 is 5.97 Å². The number of benzene rings is 2. The van der Waals surface area contributed by atoms with Gasteiger partial charge in [-0.25, -0.2) is 4.79 Å². The Balaban J connectivity index is 1.99. The number of methoxy groups -OCH3 is 2. The minimum absolute atomic E-state index is 0.0589. The minimum atomic E-state index is -1.10. The second-order valence-electron chi connectivity index (χ2n) is 6.60. The minimum Gasteiger partial charge on any atom is -0.497 e. The Kier molecular flexibility index (Phi) is 8.00. The summed E-state index contributed by atoms with van der Waals surface area (Å²) in [6, 6.07) is 12.5. The summed E-state index contributed by atoms with van der Waals surface area (Å²) in [6.07, 6.45) is 6.80. The maximum absolute atomic E-state index is 12.0. The summed E-state index contributed by atoms with van der Waals surface area (Å²) < 4.78 is 18.1. The Bertz CT molecular complexity index is 1190. The molecule has 1 N–H and O–H groups in total. The molecule has 0 aliphatic heterocycles. The Hall–Kier alpha value is -3.90. The number of hydrogen-bond acceptors (Lipinski definition) is 7. The number of carboxylic acid groups (broad SMARTS) is 1. The van der Waals surface area contributed by atoms with Gasteiger partial charge in [-0.2, -0.15) is 0 Å². The molecule has 9 heteroatoms. The third-order valence-corrected chi connectivity index (χ3v) is 5.57. The fraction of sp³-hybridized carbons (Fsp3) is 0.208. The Morgan fingerprint density at radius 1 is 1.18 bits per heavy atom. The number of terminal acetylenes is 1. The maximum atomic E-state index is 12.0. The second-order valence-corrected chi connectivity index (χ2v) is 7.61. The molecule has 0 aliphatic rings. The van der Waals surface area contributed by atoms with Crippen LogP contribution in [0.4, 0.5) is 0 Å². The third-order valence-electron chi connectivity index (χ3n) is 4.57. The molecule has 0 atom stereocenters. The molecular formula is C24H23N3O5S. The molecule has 0 saturated heterocycles. The molecule has 1 aromatic heterocycles. The van der Waals surface area contributed by atoms with E-state index < -0.39 is 5.97 Å². The summed E-state index contributed by atoms with van der Waals surface area (Å²) >= 11 is 1.00. The SMILES string of the molecule is C#CCOc1ccccc1/C=C(\Sc1nnc(-c2cc(OC)cc(OC)c2)n1CC)C(=O)O. The van der Waals surface area contributed by atoms with Gasteiger partial charge < -0.3 is 23.9 Å². The monoisotopic (exact) mass is 465 g/mol. The summed E-state index contributed by atoms with van der Waals surface area (Å²) in [5.41, 5.74) is 1.33. The van der Waals surface area contributed by atoms with Crippen molar-refractivity contribution in [3.63, 3.8) is 0 Å². The number of carbonyl (C=O) groups is 1. The van der Waals surface area contributed by atoms with Crippen LogP contribution in [0.25, 0.3) is 17.5 Å². The summed E-state index contributed by atoms with van der Waals surface area (Å²) in [5, 5.41) is 18.8. The van der Waals surface area contributed by atoms with Gasteiger partial charge in [0.25, 0.3) is 0 Å². The lowest BCUT2D eigenvalue weighted by molar-refractivity contribution is -0.131. The molecule has 33 heavy (non-hydrogen) atoms.